The third-order valence-corrected chi connectivity index (χ3v) is 3.53. The normalized spacial score (nSPS) is 15.5. The van der Waals surface area contributed by atoms with Crippen LogP contribution >= 0.6 is 0 Å². The van der Waals surface area contributed by atoms with E-state index in [4.69, 9.17) is 4.74 Å². The lowest BCUT2D eigenvalue weighted by atomic mass is 10.1. The summed E-state index contributed by atoms with van der Waals surface area (Å²) in [5, 5.41) is 10.6. The van der Waals surface area contributed by atoms with Crippen LogP contribution in [0, 0.1) is 17.0 Å². The summed E-state index contributed by atoms with van der Waals surface area (Å²) in [6, 6.07) is 13.6. The van der Waals surface area contributed by atoms with Crippen LogP contribution in [0.25, 0.3) is 6.08 Å². The van der Waals surface area contributed by atoms with Crippen molar-refractivity contribution in [3.05, 3.63) is 93.2 Å². The maximum atomic E-state index is 11.9. The van der Waals surface area contributed by atoms with Crippen LogP contribution in [0.5, 0.6) is 0 Å². The van der Waals surface area contributed by atoms with Gasteiger partial charge in [0.2, 0.25) is 5.90 Å². The molecule has 1 aliphatic rings. The smallest absolute Gasteiger partial charge is 0.363 e. The number of carbonyl (C=O) groups is 1. The van der Waals surface area contributed by atoms with E-state index in [1.807, 2.05) is 31.2 Å². The number of aryl methyl sites for hydroxylation is 1. The topological polar surface area (TPSA) is 81.8 Å². The van der Waals surface area contributed by atoms with Crippen LogP contribution in [-0.4, -0.2) is 16.8 Å². The van der Waals surface area contributed by atoms with Gasteiger partial charge >= 0.3 is 5.97 Å². The molecular formula is C19H14N2O4. The molecule has 0 atom stereocenters. The van der Waals surface area contributed by atoms with Gasteiger partial charge in [-0.15, -0.1) is 0 Å². The van der Waals surface area contributed by atoms with Gasteiger partial charge in [-0.25, -0.2) is 9.79 Å². The van der Waals surface area contributed by atoms with Crippen LogP contribution in [-0.2, 0) is 9.53 Å². The van der Waals surface area contributed by atoms with Gasteiger partial charge in [-0.1, -0.05) is 29.8 Å². The van der Waals surface area contributed by atoms with Gasteiger partial charge in [-0.05, 0) is 42.8 Å². The van der Waals surface area contributed by atoms with Gasteiger partial charge < -0.3 is 4.74 Å². The minimum absolute atomic E-state index is 0.0299. The van der Waals surface area contributed by atoms with E-state index in [-0.39, 0.29) is 17.3 Å². The lowest BCUT2D eigenvalue weighted by molar-refractivity contribution is -0.384. The molecule has 124 valence electrons. The van der Waals surface area contributed by atoms with Crippen molar-refractivity contribution < 1.29 is 14.5 Å². The van der Waals surface area contributed by atoms with E-state index in [1.165, 1.54) is 12.1 Å². The van der Waals surface area contributed by atoms with Crippen molar-refractivity contribution in [3.63, 3.8) is 0 Å². The molecule has 0 aromatic heterocycles. The van der Waals surface area contributed by atoms with Gasteiger partial charge in [0, 0.05) is 17.7 Å². The highest BCUT2D eigenvalue weighted by molar-refractivity contribution is 6.11. The second-order valence-electron chi connectivity index (χ2n) is 5.44. The summed E-state index contributed by atoms with van der Waals surface area (Å²) in [6.45, 7) is 1.95. The van der Waals surface area contributed by atoms with E-state index in [1.54, 1.807) is 30.4 Å². The molecule has 0 saturated heterocycles. The van der Waals surface area contributed by atoms with Crippen LogP contribution in [0.3, 0.4) is 0 Å². The zero-order valence-corrected chi connectivity index (χ0v) is 13.4. The van der Waals surface area contributed by atoms with Crippen molar-refractivity contribution in [2.24, 2.45) is 4.99 Å². The summed E-state index contributed by atoms with van der Waals surface area (Å²) in [4.78, 5) is 26.3. The number of allylic oxidation sites excluding steroid dienone is 2. The number of hydrogen-bond acceptors (Lipinski definition) is 5. The van der Waals surface area contributed by atoms with E-state index in [0.29, 0.717) is 0 Å². The number of ether oxygens (including phenoxy) is 1. The number of nitrogens with zero attached hydrogens (tertiary/aromatic N) is 2. The Kier molecular flexibility index (Phi) is 4.52. The molecule has 0 fully saturated rings. The van der Waals surface area contributed by atoms with E-state index in [9.17, 15) is 14.9 Å². The lowest BCUT2D eigenvalue weighted by Gasteiger charge is -1.99. The number of non-ortho nitro benzene ring substituents is 1. The highest BCUT2D eigenvalue weighted by Gasteiger charge is 2.23. The molecule has 3 rings (SSSR count). The average Bonchev–Trinajstić information content (AvgIpc) is 2.96. The third kappa shape index (κ3) is 3.87. The van der Waals surface area contributed by atoms with Gasteiger partial charge in [-0.3, -0.25) is 10.1 Å². The first-order valence-electron chi connectivity index (χ1n) is 7.54. The molecule has 6 nitrogen and oxygen atoms in total. The summed E-state index contributed by atoms with van der Waals surface area (Å²) < 4.78 is 5.19. The van der Waals surface area contributed by atoms with Gasteiger partial charge in [0.1, 0.15) is 0 Å². The fraction of sp³-hybridized carbons (Fsp3) is 0.0526. The molecule has 0 spiro atoms. The van der Waals surface area contributed by atoms with Crippen LogP contribution in [0.1, 0.15) is 16.7 Å². The molecular weight excluding hydrogens is 320 g/mol. The number of hydrogen-bond donors (Lipinski definition) is 0. The Morgan fingerprint density at radius 3 is 2.60 bits per heavy atom. The van der Waals surface area contributed by atoms with Crippen molar-refractivity contribution in [1.29, 1.82) is 0 Å². The number of rotatable bonds is 4. The minimum Gasteiger partial charge on any atom is -0.402 e. The number of esters is 1. The number of nitro benzene ring substituents is 1. The average molecular weight is 334 g/mol. The Balaban J connectivity index is 1.76. The summed E-state index contributed by atoms with van der Waals surface area (Å²) in [5.74, 6) is -0.228. The summed E-state index contributed by atoms with van der Waals surface area (Å²) in [5.41, 5.74) is 2.80. The zero-order chi connectivity index (χ0) is 17.8. The highest BCUT2D eigenvalue weighted by atomic mass is 16.6. The minimum atomic E-state index is -0.509. The zero-order valence-electron chi connectivity index (χ0n) is 13.4. The fourth-order valence-corrected chi connectivity index (χ4v) is 2.28. The second-order valence-corrected chi connectivity index (χ2v) is 5.44. The monoisotopic (exact) mass is 334 g/mol. The molecule has 2 aromatic rings. The quantitative estimate of drug-likeness (QED) is 0.368. The number of cyclic esters (lactones) is 1. The predicted molar refractivity (Wildman–Crippen MR) is 94.0 cm³/mol. The first kappa shape index (κ1) is 16.3. The number of benzene rings is 2. The van der Waals surface area contributed by atoms with Gasteiger partial charge in [-0.2, -0.15) is 0 Å². The SMILES string of the molecule is Cc1cccc(C2=N/C(=C/C=C/c3ccc([N+](=O)[O-])cc3)C(=O)O2)c1. The molecule has 0 amide bonds. The second kappa shape index (κ2) is 6.92. The van der Waals surface area contributed by atoms with Crippen molar-refractivity contribution in [3.8, 4) is 0 Å². The molecule has 1 aliphatic heterocycles. The van der Waals surface area contributed by atoms with Crippen molar-refractivity contribution in [1.82, 2.24) is 0 Å². The standard InChI is InChI=1S/C19H14N2O4/c1-13-4-2-6-15(12-13)18-20-17(19(22)25-18)7-3-5-14-8-10-16(11-9-14)21(23)24/h2-12H,1H3/b5-3+,17-7+. The Hall–Kier alpha value is -3.54. The molecule has 0 aliphatic carbocycles. The van der Waals surface area contributed by atoms with E-state index < -0.39 is 10.9 Å². The van der Waals surface area contributed by atoms with E-state index in [2.05, 4.69) is 4.99 Å². The van der Waals surface area contributed by atoms with Crippen LogP contribution < -0.4 is 0 Å². The molecule has 0 bridgehead atoms. The molecule has 25 heavy (non-hydrogen) atoms. The molecule has 6 heteroatoms. The van der Waals surface area contributed by atoms with Crippen LogP contribution in [0.2, 0.25) is 0 Å². The molecule has 0 saturated carbocycles. The first-order chi connectivity index (χ1) is 12.0. The highest BCUT2D eigenvalue weighted by Crippen LogP contribution is 2.18. The van der Waals surface area contributed by atoms with Crippen molar-refractivity contribution in [2.45, 2.75) is 6.92 Å². The van der Waals surface area contributed by atoms with Crippen molar-refractivity contribution in [2.75, 3.05) is 0 Å². The Morgan fingerprint density at radius 2 is 1.92 bits per heavy atom. The number of carbonyl (C=O) groups excluding carboxylic acids is 1. The van der Waals surface area contributed by atoms with Gasteiger partial charge in [0.25, 0.3) is 5.69 Å². The number of nitro groups is 1. The van der Waals surface area contributed by atoms with Crippen molar-refractivity contribution >= 4 is 23.6 Å². The lowest BCUT2D eigenvalue weighted by Crippen LogP contribution is -2.05. The predicted octanol–water partition coefficient (Wildman–Crippen LogP) is 3.80. The largest absolute Gasteiger partial charge is 0.402 e. The number of aliphatic imine (C=N–C) groups is 1. The Bertz CT molecular complexity index is 925. The van der Waals surface area contributed by atoms with Crippen LogP contribution in [0.15, 0.2) is 71.4 Å². The first-order valence-corrected chi connectivity index (χ1v) is 7.54. The Labute approximate surface area is 143 Å². The maximum absolute atomic E-state index is 11.9. The third-order valence-electron chi connectivity index (χ3n) is 3.53. The van der Waals surface area contributed by atoms with Gasteiger partial charge in [0.15, 0.2) is 5.70 Å². The van der Waals surface area contributed by atoms with Crippen LogP contribution in [0.4, 0.5) is 5.69 Å². The molecule has 0 N–H and O–H groups in total. The maximum Gasteiger partial charge on any atom is 0.363 e. The summed E-state index contributed by atoms with van der Waals surface area (Å²) in [6.07, 6.45) is 4.93. The molecule has 2 aromatic carbocycles. The summed E-state index contributed by atoms with van der Waals surface area (Å²) in [7, 11) is 0. The van der Waals surface area contributed by atoms with E-state index >= 15 is 0 Å². The fourth-order valence-electron chi connectivity index (χ4n) is 2.28. The van der Waals surface area contributed by atoms with Gasteiger partial charge in [0.05, 0.1) is 4.92 Å². The molecule has 0 radical (unpaired) electrons. The Morgan fingerprint density at radius 1 is 1.16 bits per heavy atom. The van der Waals surface area contributed by atoms with E-state index in [0.717, 1.165) is 16.7 Å². The molecule has 1 heterocycles. The summed E-state index contributed by atoms with van der Waals surface area (Å²) >= 11 is 0. The molecule has 0 unspecified atom stereocenters.